The SMILES string of the molecule is Fc1cc(F)c(C2=NCC=C2c2ccc3ncc(-c4cn[nH]c4)cc3n2)cc1Cl. The molecule has 1 aliphatic rings. The maximum absolute atomic E-state index is 14.4. The van der Waals surface area contributed by atoms with E-state index < -0.39 is 11.6 Å². The van der Waals surface area contributed by atoms with Gasteiger partial charge in [0.2, 0.25) is 0 Å². The van der Waals surface area contributed by atoms with Gasteiger partial charge in [-0.15, -0.1) is 0 Å². The fourth-order valence-electron chi connectivity index (χ4n) is 3.29. The molecular formula is C21H12ClF2N5. The number of pyridine rings is 2. The summed E-state index contributed by atoms with van der Waals surface area (Å²) in [5, 5.41) is 6.57. The molecule has 4 aromatic rings. The molecule has 0 saturated heterocycles. The molecule has 0 unspecified atom stereocenters. The van der Waals surface area contributed by atoms with E-state index in [0.717, 1.165) is 22.7 Å². The van der Waals surface area contributed by atoms with Crippen LogP contribution in [0.2, 0.25) is 5.02 Å². The van der Waals surface area contributed by atoms with Crippen LogP contribution in [-0.4, -0.2) is 32.4 Å². The molecule has 0 atom stereocenters. The number of nitrogens with zero attached hydrogens (tertiary/aromatic N) is 4. The van der Waals surface area contributed by atoms with E-state index in [-0.39, 0.29) is 10.6 Å². The van der Waals surface area contributed by atoms with E-state index in [1.165, 1.54) is 6.07 Å². The van der Waals surface area contributed by atoms with E-state index >= 15 is 0 Å². The molecule has 0 bridgehead atoms. The lowest BCUT2D eigenvalue weighted by molar-refractivity contribution is 0.582. The predicted molar refractivity (Wildman–Crippen MR) is 108 cm³/mol. The lowest BCUT2D eigenvalue weighted by Crippen LogP contribution is -2.07. The quantitative estimate of drug-likeness (QED) is 0.494. The van der Waals surface area contributed by atoms with Crippen molar-refractivity contribution in [1.82, 2.24) is 20.2 Å². The fourth-order valence-corrected chi connectivity index (χ4v) is 3.46. The average molecular weight is 408 g/mol. The standard InChI is InChI=1S/C21H12ClF2N5/c22-15-6-14(16(23)7-17(15)24)21-13(3-4-25-21)18-1-2-19-20(29-18)5-11(8-26-19)12-9-27-28-10-12/h1-3,5-10H,4H2,(H,27,28). The Balaban J connectivity index is 1.58. The molecule has 1 N–H and O–H groups in total. The smallest absolute Gasteiger partial charge is 0.144 e. The van der Waals surface area contributed by atoms with Crippen LogP contribution in [-0.2, 0) is 0 Å². The van der Waals surface area contributed by atoms with Gasteiger partial charge in [-0.2, -0.15) is 5.10 Å². The van der Waals surface area contributed by atoms with E-state index in [0.29, 0.717) is 29.0 Å². The first-order valence-corrected chi connectivity index (χ1v) is 9.14. The number of hydrogen-bond donors (Lipinski definition) is 1. The number of fused-ring (bicyclic) bond motifs is 1. The van der Waals surface area contributed by atoms with Crippen molar-refractivity contribution in [2.75, 3.05) is 6.54 Å². The zero-order valence-corrected chi connectivity index (χ0v) is 15.6. The van der Waals surface area contributed by atoms with Crippen LogP contribution in [0.15, 0.2) is 60.0 Å². The molecule has 0 amide bonds. The molecule has 29 heavy (non-hydrogen) atoms. The first-order chi connectivity index (χ1) is 14.1. The Labute approximate surface area is 168 Å². The third-order valence-corrected chi connectivity index (χ3v) is 5.00. The van der Waals surface area contributed by atoms with E-state index in [4.69, 9.17) is 16.6 Å². The lowest BCUT2D eigenvalue weighted by Gasteiger charge is -2.10. The molecule has 0 saturated carbocycles. The number of aliphatic imine (C=N–C) groups is 1. The Kier molecular flexibility index (Phi) is 4.17. The average Bonchev–Trinajstić information content (AvgIpc) is 3.42. The fraction of sp³-hybridized carbons (Fsp3) is 0.0476. The molecule has 1 aromatic carbocycles. The second-order valence-electron chi connectivity index (χ2n) is 6.50. The molecule has 8 heteroatoms. The van der Waals surface area contributed by atoms with Gasteiger partial charge in [0.15, 0.2) is 0 Å². The van der Waals surface area contributed by atoms with Crippen LogP contribution in [0.1, 0.15) is 11.3 Å². The highest BCUT2D eigenvalue weighted by Crippen LogP contribution is 2.29. The minimum Gasteiger partial charge on any atom is -0.285 e. The summed E-state index contributed by atoms with van der Waals surface area (Å²) in [5.74, 6) is -1.53. The van der Waals surface area contributed by atoms with E-state index in [1.807, 2.05) is 24.3 Å². The van der Waals surface area contributed by atoms with Crippen LogP contribution in [0.5, 0.6) is 0 Å². The van der Waals surface area contributed by atoms with Gasteiger partial charge in [-0.05, 0) is 24.3 Å². The summed E-state index contributed by atoms with van der Waals surface area (Å²) in [6.45, 7) is 0.381. The highest BCUT2D eigenvalue weighted by molar-refractivity contribution is 6.35. The largest absolute Gasteiger partial charge is 0.285 e. The summed E-state index contributed by atoms with van der Waals surface area (Å²) in [6, 6.07) is 7.59. The summed E-state index contributed by atoms with van der Waals surface area (Å²) in [4.78, 5) is 13.5. The topological polar surface area (TPSA) is 66.8 Å². The number of aromatic amines is 1. The zero-order chi connectivity index (χ0) is 20.0. The first kappa shape index (κ1) is 17.6. The van der Waals surface area contributed by atoms with Gasteiger partial charge in [0, 0.05) is 40.7 Å². The van der Waals surface area contributed by atoms with Crippen LogP contribution in [0.3, 0.4) is 0 Å². The third-order valence-electron chi connectivity index (χ3n) is 4.71. The highest BCUT2D eigenvalue weighted by Gasteiger charge is 2.22. The summed E-state index contributed by atoms with van der Waals surface area (Å²) < 4.78 is 27.9. The molecule has 0 radical (unpaired) electrons. The molecule has 0 fully saturated rings. The number of aromatic nitrogens is 4. The summed E-state index contributed by atoms with van der Waals surface area (Å²) >= 11 is 5.85. The normalized spacial score (nSPS) is 13.6. The molecule has 1 aliphatic heterocycles. The molecular weight excluding hydrogens is 396 g/mol. The summed E-state index contributed by atoms with van der Waals surface area (Å²) in [6.07, 6.45) is 7.09. The Bertz CT molecular complexity index is 1310. The number of rotatable bonds is 3. The van der Waals surface area contributed by atoms with Crippen molar-refractivity contribution in [1.29, 1.82) is 0 Å². The highest BCUT2D eigenvalue weighted by atomic mass is 35.5. The molecule has 4 heterocycles. The van der Waals surface area contributed by atoms with Gasteiger partial charge in [-0.1, -0.05) is 17.7 Å². The van der Waals surface area contributed by atoms with E-state index in [9.17, 15) is 8.78 Å². The molecule has 5 nitrogen and oxygen atoms in total. The monoisotopic (exact) mass is 407 g/mol. The van der Waals surface area contributed by atoms with Gasteiger partial charge in [-0.3, -0.25) is 15.1 Å². The number of benzene rings is 1. The van der Waals surface area contributed by atoms with Crippen molar-refractivity contribution < 1.29 is 8.78 Å². The predicted octanol–water partition coefficient (Wildman–Crippen LogP) is 4.84. The van der Waals surface area contributed by atoms with Gasteiger partial charge in [0.05, 0.1) is 40.2 Å². The second-order valence-corrected chi connectivity index (χ2v) is 6.91. The number of allylic oxidation sites excluding steroid dienone is 1. The Hall–Kier alpha value is -3.45. The molecule has 0 spiro atoms. The summed E-state index contributed by atoms with van der Waals surface area (Å²) in [7, 11) is 0. The second kappa shape index (κ2) is 6.86. The number of H-pyrrole nitrogens is 1. The minimum absolute atomic E-state index is 0.146. The minimum atomic E-state index is -0.807. The van der Waals surface area contributed by atoms with Crippen LogP contribution in [0.25, 0.3) is 27.7 Å². The van der Waals surface area contributed by atoms with Gasteiger partial charge in [0.1, 0.15) is 11.6 Å². The van der Waals surface area contributed by atoms with Gasteiger partial charge < -0.3 is 0 Å². The van der Waals surface area contributed by atoms with Crippen molar-refractivity contribution in [3.8, 4) is 11.1 Å². The third kappa shape index (κ3) is 3.09. The van der Waals surface area contributed by atoms with Gasteiger partial charge in [-0.25, -0.2) is 13.8 Å². The maximum atomic E-state index is 14.4. The van der Waals surface area contributed by atoms with Crippen molar-refractivity contribution in [2.24, 2.45) is 4.99 Å². The van der Waals surface area contributed by atoms with Crippen LogP contribution < -0.4 is 0 Å². The van der Waals surface area contributed by atoms with Crippen molar-refractivity contribution in [3.05, 3.63) is 82.9 Å². The molecule has 3 aromatic heterocycles. The Morgan fingerprint density at radius 2 is 1.86 bits per heavy atom. The number of halogens is 3. The first-order valence-electron chi connectivity index (χ1n) is 8.76. The van der Waals surface area contributed by atoms with Gasteiger partial charge >= 0.3 is 0 Å². The molecule has 5 rings (SSSR count). The van der Waals surface area contributed by atoms with Crippen LogP contribution in [0.4, 0.5) is 8.78 Å². The summed E-state index contributed by atoms with van der Waals surface area (Å²) in [5.41, 5.74) is 5.03. The Morgan fingerprint density at radius 3 is 2.69 bits per heavy atom. The maximum Gasteiger partial charge on any atom is 0.144 e. The zero-order valence-electron chi connectivity index (χ0n) is 14.8. The lowest BCUT2D eigenvalue weighted by atomic mass is 9.99. The van der Waals surface area contributed by atoms with E-state index in [2.05, 4.69) is 20.2 Å². The Morgan fingerprint density at radius 1 is 0.966 bits per heavy atom. The van der Waals surface area contributed by atoms with Crippen molar-refractivity contribution in [3.63, 3.8) is 0 Å². The van der Waals surface area contributed by atoms with Crippen molar-refractivity contribution in [2.45, 2.75) is 0 Å². The van der Waals surface area contributed by atoms with Crippen LogP contribution >= 0.6 is 11.6 Å². The van der Waals surface area contributed by atoms with Gasteiger partial charge in [0.25, 0.3) is 0 Å². The van der Waals surface area contributed by atoms with Crippen LogP contribution in [0, 0.1) is 11.6 Å². The molecule has 0 aliphatic carbocycles. The number of nitrogens with one attached hydrogen (secondary N) is 1. The molecule has 142 valence electrons. The van der Waals surface area contributed by atoms with Crippen molar-refractivity contribution >= 4 is 33.9 Å². The van der Waals surface area contributed by atoms with E-state index in [1.54, 1.807) is 18.6 Å². The number of hydrogen-bond acceptors (Lipinski definition) is 4.